The lowest BCUT2D eigenvalue weighted by Gasteiger charge is -2.18. The number of pyridine rings is 2. The number of nitrogens with zero attached hydrogens (tertiary/aromatic N) is 4. The van der Waals surface area contributed by atoms with Gasteiger partial charge in [0.25, 0.3) is 11.8 Å². The zero-order valence-electron chi connectivity index (χ0n) is 23.2. The van der Waals surface area contributed by atoms with Gasteiger partial charge < -0.3 is 10.6 Å². The maximum atomic E-state index is 13.6. The SMILES string of the molecule is O=C(NCCCc1ccccn1)C(=O)C(Cc1ccccc1)NC(=O)c1cccnc1-n1ccc(-c2ccc(F)cc2)n1. The Hall–Kier alpha value is -5.51. The average molecular weight is 577 g/mol. The minimum absolute atomic E-state index is 0.124. The van der Waals surface area contributed by atoms with E-state index in [0.717, 1.165) is 11.3 Å². The minimum atomic E-state index is -1.12. The molecule has 3 heterocycles. The van der Waals surface area contributed by atoms with Crippen LogP contribution in [-0.2, 0) is 22.4 Å². The number of rotatable bonds is 12. The fraction of sp³-hybridized carbons (Fsp3) is 0.152. The number of amides is 2. The van der Waals surface area contributed by atoms with Crippen molar-refractivity contribution in [1.29, 1.82) is 0 Å². The predicted molar refractivity (Wildman–Crippen MR) is 159 cm³/mol. The standard InChI is InChI=1S/C33H29FN6O3/c34-25-15-13-24(14-16-25)28-17-21-40(39-28)31-27(12-7-19-36-31)32(42)38-29(22-23-8-2-1-3-9-23)30(41)33(43)37-20-6-11-26-10-4-5-18-35-26/h1-5,7-10,12-19,21,29H,6,11,20,22H2,(H,37,43)(H,38,42). The Morgan fingerprint density at radius 3 is 2.37 bits per heavy atom. The quantitative estimate of drug-likeness (QED) is 0.170. The van der Waals surface area contributed by atoms with E-state index >= 15 is 0 Å². The normalized spacial score (nSPS) is 11.5. The van der Waals surface area contributed by atoms with E-state index in [0.29, 0.717) is 24.1 Å². The molecule has 216 valence electrons. The summed E-state index contributed by atoms with van der Waals surface area (Å²) in [5.41, 5.74) is 3.10. The summed E-state index contributed by atoms with van der Waals surface area (Å²) < 4.78 is 14.8. The van der Waals surface area contributed by atoms with E-state index in [9.17, 15) is 18.8 Å². The first-order valence-corrected chi connectivity index (χ1v) is 13.8. The average Bonchev–Trinajstić information content (AvgIpc) is 3.54. The number of ketones is 1. The molecule has 0 saturated carbocycles. The molecule has 2 amide bonds. The third kappa shape index (κ3) is 7.62. The van der Waals surface area contributed by atoms with E-state index in [4.69, 9.17) is 0 Å². The van der Waals surface area contributed by atoms with Crippen molar-refractivity contribution in [3.63, 3.8) is 0 Å². The fourth-order valence-electron chi connectivity index (χ4n) is 4.53. The first kappa shape index (κ1) is 29.0. The van der Waals surface area contributed by atoms with Gasteiger partial charge in [0.1, 0.15) is 11.9 Å². The van der Waals surface area contributed by atoms with Crippen LogP contribution in [0, 0.1) is 5.82 Å². The molecule has 0 aliphatic rings. The Morgan fingerprint density at radius 1 is 0.837 bits per heavy atom. The molecule has 0 aliphatic heterocycles. The highest BCUT2D eigenvalue weighted by molar-refractivity contribution is 6.38. The van der Waals surface area contributed by atoms with Crippen LogP contribution in [0.3, 0.4) is 0 Å². The fourth-order valence-corrected chi connectivity index (χ4v) is 4.53. The molecule has 2 N–H and O–H groups in total. The maximum Gasteiger partial charge on any atom is 0.289 e. The third-order valence-corrected chi connectivity index (χ3v) is 6.73. The molecule has 9 nitrogen and oxygen atoms in total. The monoisotopic (exact) mass is 576 g/mol. The lowest BCUT2D eigenvalue weighted by molar-refractivity contribution is -0.138. The van der Waals surface area contributed by atoms with Crippen molar-refractivity contribution in [3.8, 4) is 17.1 Å². The zero-order valence-corrected chi connectivity index (χ0v) is 23.2. The summed E-state index contributed by atoms with van der Waals surface area (Å²) >= 11 is 0. The number of carbonyl (C=O) groups is 3. The smallest absolute Gasteiger partial charge is 0.289 e. The summed E-state index contributed by atoms with van der Waals surface area (Å²) in [5, 5.41) is 9.94. The molecular weight excluding hydrogens is 547 g/mol. The number of benzene rings is 2. The molecule has 1 atom stereocenters. The van der Waals surface area contributed by atoms with Gasteiger partial charge in [0.05, 0.1) is 11.3 Å². The number of aryl methyl sites for hydroxylation is 1. The van der Waals surface area contributed by atoms with Gasteiger partial charge in [-0.15, -0.1) is 0 Å². The second-order valence-electron chi connectivity index (χ2n) is 9.79. The lowest BCUT2D eigenvalue weighted by Crippen LogP contribution is -2.49. The predicted octanol–water partition coefficient (Wildman–Crippen LogP) is 4.13. The number of nitrogens with one attached hydrogen (secondary N) is 2. The summed E-state index contributed by atoms with van der Waals surface area (Å²) in [4.78, 5) is 48.4. The molecule has 0 radical (unpaired) electrons. The molecule has 10 heteroatoms. The molecule has 3 aromatic heterocycles. The largest absolute Gasteiger partial charge is 0.349 e. The Morgan fingerprint density at radius 2 is 1.60 bits per heavy atom. The van der Waals surface area contributed by atoms with Gasteiger partial charge in [-0.1, -0.05) is 36.4 Å². The number of halogens is 1. The molecule has 2 aromatic carbocycles. The topological polar surface area (TPSA) is 119 Å². The van der Waals surface area contributed by atoms with Crippen LogP contribution in [0.25, 0.3) is 17.1 Å². The highest BCUT2D eigenvalue weighted by atomic mass is 19.1. The first-order valence-electron chi connectivity index (χ1n) is 13.8. The van der Waals surface area contributed by atoms with E-state index in [1.807, 2.05) is 48.5 Å². The van der Waals surface area contributed by atoms with Crippen LogP contribution in [0.5, 0.6) is 0 Å². The van der Waals surface area contributed by atoms with Gasteiger partial charge in [0.2, 0.25) is 5.78 Å². The van der Waals surface area contributed by atoms with Crippen LogP contribution in [-0.4, -0.2) is 49.9 Å². The molecule has 0 saturated heterocycles. The van der Waals surface area contributed by atoms with E-state index in [2.05, 4.69) is 25.7 Å². The van der Waals surface area contributed by atoms with Gasteiger partial charge in [0, 0.05) is 42.8 Å². The van der Waals surface area contributed by atoms with Crippen molar-refractivity contribution in [1.82, 2.24) is 30.4 Å². The van der Waals surface area contributed by atoms with Gasteiger partial charge in [-0.25, -0.2) is 14.1 Å². The molecule has 5 aromatic rings. The number of Topliss-reactive ketones (excluding diaryl/α,β-unsaturated/α-hetero) is 1. The maximum absolute atomic E-state index is 13.6. The van der Waals surface area contributed by atoms with E-state index < -0.39 is 23.6 Å². The summed E-state index contributed by atoms with van der Waals surface area (Å²) in [5.74, 6) is -2.23. The summed E-state index contributed by atoms with van der Waals surface area (Å²) in [6.07, 6.45) is 6.25. The van der Waals surface area contributed by atoms with Crippen LogP contribution in [0.1, 0.15) is 28.0 Å². The molecule has 1 unspecified atom stereocenters. The number of hydrogen-bond acceptors (Lipinski definition) is 6. The van der Waals surface area contributed by atoms with E-state index in [-0.39, 0.29) is 30.2 Å². The number of carbonyl (C=O) groups excluding carboxylic acids is 3. The Kier molecular flexibility index (Phi) is 9.38. The van der Waals surface area contributed by atoms with Gasteiger partial charge >= 0.3 is 0 Å². The van der Waals surface area contributed by atoms with Gasteiger partial charge in [-0.2, -0.15) is 5.10 Å². The van der Waals surface area contributed by atoms with Crippen LogP contribution in [0.4, 0.5) is 4.39 Å². The molecule has 0 aliphatic carbocycles. The molecule has 43 heavy (non-hydrogen) atoms. The molecule has 5 rings (SSSR count). The Balaban J connectivity index is 1.31. The number of aromatic nitrogens is 4. The Labute approximate surface area is 247 Å². The number of hydrogen-bond donors (Lipinski definition) is 2. The zero-order chi connectivity index (χ0) is 30.0. The van der Waals surface area contributed by atoms with Gasteiger partial charge in [0.15, 0.2) is 5.82 Å². The highest BCUT2D eigenvalue weighted by Gasteiger charge is 2.28. The molecule has 0 bridgehead atoms. The van der Waals surface area contributed by atoms with Crippen LogP contribution in [0.2, 0.25) is 0 Å². The molecular formula is C33H29FN6O3. The van der Waals surface area contributed by atoms with E-state index in [1.54, 1.807) is 42.7 Å². The van der Waals surface area contributed by atoms with E-state index in [1.165, 1.54) is 23.0 Å². The van der Waals surface area contributed by atoms with Crippen molar-refractivity contribution in [2.24, 2.45) is 0 Å². The second kappa shape index (κ2) is 13.9. The van der Waals surface area contributed by atoms with Crippen LogP contribution >= 0.6 is 0 Å². The van der Waals surface area contributed by atoms with Crippen molar-refractivity contribution in [3.05, 3.63) is 132 Å². The third-order valence-electron chi connectivity index (χ3n) is 6.73. The molecule has 0 spiro atoms. The van der Waals surface area contributed by atoms with Crippen LogP contribution in [0.15, 0.2) is 110 Å². The van der Waals surface area contributed by atoms with Crippen LogP contribution < -0.4 is 10.6 Å². The van der Waals surface area contributed by atoms with Crippen molar-refractivity contribution in [2.75, 3.05) is 6.54 Å². The van der Waals surface area contributed by atoms with Crippen molar-refractivity contribution < 1.29 is 18.8 Å². The van der Waals surface area contributed by atoms with Crippen molar-refractivity contribution in [2.45, 2.75) is 25.3 Å². The van der Waals surface area contributed by atoms with Gasteiger partial charge in [-0.05, 0) is 73.0 Å². The first-order chi connectivity index (χ1) is 21.0. The second-order valence-corrected chi connectivity index (χ2v) is 9.79. The summed E-state index contributed by atoms with van der Waals surface area (Å²) in [6, 6.07) is 24.5. The highest BCUT2D eigenvalue weighted by Crippen LogP contribution is 2.20. The summed E-state index contributed by atoms with van der Waals surface area (Å²) in [7, 11) is 0. The lowest BCUT2D eigenvalue weighted by atomic mass is 10.0. The summed E-state index contributed by atoms with van der Waals surface area (Å²) in [6.45, 7) is 0.287. The minimum Gasteiger partial charge on any atom is -0.349 e. The Bertz CT molecular complexity index is 1690. The molecule has 0 fully saturated rings. The van der Waals surface area contributed by atoms with Crippen molar-refractivity contribution >= 4 is 17.6 Å². The van der Waals surface area contributed by atoms with Gasteiger partial charge in [-0.3, -0.25) is 19.4 Å².